The average molecular weight is 193 g/mol. The van der Waals surface area contributed by atoms with Crippen molar-refractivity contribution in [2.75, 3.05) is 6.54 Å². The van der Waals surface area contributed by atoms with Gasteiger partial charge < -0.3 is 9.73 Å². The fourth-order valence-corrected chi connectivity index (χ4v) is 1.47. The second-order valence-electron chi connectivity index (χ2n) is 3.16. The molecule has 0 unspecified atom stereocenters. The van der Waals surface area contributed by atoms with Gasteiger partial charge >= 0.3 is 0 Å². The molecule has 0 bridgehead atoms. The van der Waals surface area contributed by atoms with Gasteiger partial charge in [0.15, 0.2) is 11.4 Å². The molecule has 0 radical (unpaired) electrons. The van der Waals surface area contributed by atoms with E-state index in [4.69, 9.17) is 4.42 Å². The average Bonchev–Trinajstić information content (AvgIpc) is 2.60. The monoisotopic (exact) mass is 193 g/mol. The zero-order chi connectivity index (χ0) is 9.97. The van der Waals surface area contributed by atoms with E-state index in [9.17, 15) is 4.39 Å². The quantitative estimate of drug-likeness (QED) is 0.810. The summed E-state index contributed by atoms with van der Waals surface area (Å²) >= 11 is 0. The molecule has 2 aromatic rings. The first kappa shape index (κ1) is 9.21. The summed E-state index contributed by atoms with van der Waals surface area (Å²) in [5.41, 5.74) is 1.35. The molecular formula is C11H12FNO. The predicted molar refractivity (Wildman–Crippen MR) is 53.6 cm³/mol. The van der Waals surface area contributed by atoms with Crippen molar-refractivity contribution in [2.24, 2.45) is 0 Å². The predicted octanol–water partition coefficient (Wildman–Crippen LogP) is 2.68. The van der Waals surface area contributed by atoms with Crippen LogP contribution in [0.25, 0.3) is 11.0 Å². The van der Waals surface area contributed by atoms with Gasteiger partial charge in [0.1, 0.15) is 0 Å². The minimum absolute atomic E-state index is 0.301. The van der Waals surface area contributed by atoms with E-state index >= 15 is 0 Å². The van der Waals surface area contributed by atoms with Gasteiger partial charge in [-0.05, 0) is 12.6 Å². The smallest absolute Gasteiger partial charge is 0.169 e. The molecule has 3 heteroatoms. The Labute approximate surface area is 81.7 Å². The maximum Gasteiger partial charge on any atom is 0.169 e. The maximum atomic E-state index is 13.2. The van der Waals surface area contributed by atoms with Crippen LogP contribution in [0.5, 0.6) is 0 Å². The Hall–Kier alpha value is -1.35. The van der Waals surface area contributed by atoms with Gasteiger partial charge in [-0.25, -0.2) is 4.39 Å². The summed E-state index contributed by atoms with van der Waals surface area (Å²) in [5.74, 6) is -0.301. The molecule has 0 saturated carbocycles. The summed E-state index contributed by atoms with van der Waals surface area (Å²) in [6.45, 7) is 3.64. The number of benzene rings is 1. The van der Waals surface area contributed by atoms with Crippen molar-refractivity contribution in [2.45, 2.75) is 13.5 Å². The van der Waals surface area contributed by atoms with Crippen LogP contribution in [0.15, 0.2) is 28.9 Å². The third kappa shape index (κ3) is 1.51. The molecule has 0 aliphatic rings. The van der Waals surface area contributed by atoms with Gasteiger partial charge in [-0.1, -0.05) is 19.1 Å². The van der Waals surface area contributed by atoms with Crippen LogP contribution in [0.3, 0.4) is 0 Å². The number of para-hydroxylation sites is 1. The Morgan fingerprint density at radius 3 is 3.07 bits per heavy atom. The third-order valence-corrected chi connectivity index (χ3v) is 2.20. The lowest BCUT2D eigenvalue weighted by molar-refractivity contribution is 0.556. The van der Waals surface area contributed by atoms with E-state index < -0.39 is 0 Å². The highest BCUT2D eigenvalue weighted by Gasteiger charge is 2.08. The van der Waals surface area contributed by atoms with Crippen LogP contribution in [-0.4, -0.2) is 6.54 Å². The van der Waals surface area contributed by atoms with E-state index in [-0.39, 0.29) is 5.82 Å². The zero-order valence-electron chi connectivity index (χ0n) is 8.01. The van der Waals surface area contributed by atoms with E-state index in [1.807, 2.05) is 13.0 Å². The van der Waals surface area contributed by atoms with Gasteiger partial charge in [0, 0.05) is 17.5 Å². The van der Waals surface area contributed by atoms with Gasteiger partial charge in [0.05, 0.1) is 6.26 Å². The van der Waals surface area contributed by atoms with Crippen LogP contribution in [-0.2, 0) is 6.54 Å². The summed E-state index contributed by atoms with van der Waals surface area (Å²) in [5, 5.41) is 4.03. The molecule has 0 aliphatic heterocycles. The molecule has 14 heavy (non-hydrogen) atoms. The largest absolute Gasteiger partial charge is 0.461 e. The standard InChI is InChI=1S/C11H12FNO/c1-2-13-6-8-7-14-11-9(8)4-3-5-10(11)12/h3-5,7,13H,2,6H2,1H3. The van der Waals surface area contributed by atoms with Gasteiger partial charge in [-0.15, -0.1) is 0 Å². The molecule has 1 aromatic heterocycles. The van der Waals surface area contributed by atoms with Gasteiger partial charge in [-0.2, -0.15) is 0 Å². The number of hydrogen-bond acceptors (Lipinski definition) is 2. The van der Waals surface area contributed by atoms with Crippen LogP contribution >= 0.6 is 0 Å². The molecule has 0 amide bonds. The first-order valence-electron chi connectivity index (χ1n) is 4.68. The topological polar surface area (TPSA) is 25.2 Å². The Kier molecular flexibility index (Phi) is 2.50. The van der Waals surface area contributed by atoms with Crippen LogP contribution < -0.4 is 5.32 Å². The molecule has 1 N–H and O–H groups in total. The van der Waals surface area contributed by atoms with E-state index in [1.165, 1.54) is 6.07 Å². The molecule has 0 aliphatic carbocycles. The Bertz CT molecular complexity index is 436. The molecule has 0 atom stereocenters. The highest BCUT2D eigenvalue weighted by atomic mass is 19.1. The molecule has 1 heterocycles. The minimum atomic E-state index is -0.301. The molecule has 0 saturated heterocycles. The van der Waals surface area contributed by atoms with E-state index in [1.54, 1.807) is 12.3 Å². The number of rotatable bonds is 3. The minimum Gasteiger partial charge on any atom is -0.461 e. The van der Waals surface area contributed by atoms with Crippen molar-refractivity contribution in [3.63, 3.8) is 0 Å². The maximum absolute atomic E-state index is 13.2. The summed E-state index contributed by atoms with van der Waals surface area (Å²) in [4.78, 5) is 0. The molecule has 74 valence electrons. The fraction of sp³-hybridized carbons (Fsp3) is 0.273. The number of furan rings is 1. The van der Waals surface area contributed by atoms with E-state index in [0.717, 1.165) is 17.5 Å². The molecule has 0 fully saturated rings. The van der Waals surface area contributed by atoms with Crippen LogP contribution in [0.1, 0.15) is 12.5 Å². The summed E-state index contributed by atoms with van der Waals surface area (Å²) in [7, 11) is 0. The van der Waals surface area contributed by atoms with E-state index in [0.29, 0.717) is 12.1 Å². The van der Waals surface area contributed by atoms with E-state index in [2.05, 4.69) is 5.32 Å². The van der Waals surface area contributed by atoms with Gasteiger partial charge in [0.2, 0.25) is 0 Å². The van der Waals surface area contributed by atoms with Crippen LogP contribution in [0.4, 0.5) is 4.39 Å². The van der Waals surface area contributed by atoms with Crippen molar-refractivity contribution in [3.8, 4) is 0 Å². The second kappa shape index (κ2) is 3.80. The van der Waals surface area contributed by atoms with Crippen molar-refractivity contribution < 1.29 is 8.81 Å². The Morgan fingerprint density at radius 2 is 2.29 bits per heavy atom. The number of fused-ring (bicyclic) bond motifs is 1. The lowest BCUT2D eigenvalue weighted by atomic mass is 10.2. The van der Waals surface area contributed by atoms with Crippen molar-refractivity contribution in [1.82, 2.24) is 5.32 Å². The fourth-order valence-electron chi connectivity index (χ4n) is 1.47. The summed E-state index contributed by atoms with van der Waals surface area (Å²) < 4.78 is 18.4. The summed E-state index contributed by atoms with van der Waals surface area (Å²) in [6, 6.07) is 4.97. The molecule has 2 nitrogen and oxygen atoms in total. The molecule has 0 spiro atoms. The van der Waals surface area contributed by atoms with Crippen LogP contribution in [0.2, 0.25) is 0 Å². The second-order valence-corrected chi connectivity index (χ2v) is 3.16. The first-order valence-corrected chi connectivity index (χ1v) is 4.68. The molecule has 2 rings (SSSR count). The zero-order valence-corrected chi connectivity index (χ0v) is 8.01. The van der Waals surface area contributed by atoms with Gasteiger partial charge in [0.25, 0.3) is 0 Å². The van der Waals surface area contributed by atoms with Crippen molar-refractivity contribution in [1.29, 1.82) is 0 Å². The SMILES string of the molecule is CCNCc1coc2c(F)cccc12. The molecular weight excluding hydrogens is 181 g/mol. The highest BCUT2D eigenvalue weighted by Crippen LogP contribution is 2.23. The van der Waals surface area contributed by atoms with Gasteiger partial charge in [-0.3, -0.25) is 0 Å². The number of nitrogens with one attached hydrogen (secondary N) is 1. The van der Waals surface area contributed by atoms with Crippen LogP contribution in [0, 0.1) is 5.82 Å². The number of hydrogen-bond donors (Lipinski definition) is 1. The Morgan fingerprint density at radius 1 is 1.43 bits per heavy atom. The normalized spacial score (nSPS) is 11.0. The number of halogens is 1. The van der Waals surface area contributed by atoms with Crippen molar-refractivity contribution >= 4 is 11.0 Å². The Balaban J connectivity index is 2.42. The lowest BCUT2D eigenvalue weighted by Gasteiger charge is -1.97. The van der Waals surface area contributed by atoms with Crippen molar-refractivity contribution in [3.05, 3.63) is 35.8 Å². The highest BCUT2D eigenvalue weighted by molar-refractivity contribution is 5.81. The molecule has 1 aromatic carbocycles. The third-order valence-electron chi connectivity index (χ3n) is 2.20. The summed E-state index contributed by atoms with van der Waals surface area (Å²) in [6.07, 6.45) is 1.61. The lowest BCUT2D eigenvalue weighted by Crippen LogP contribution is -2.11. The first-order chi connectivity index (χ1) is 6.83.